The molecule has 9 rings (SSSR count). The van der Waals surface area contributed by atoms with E-state index < -0.39 is 0 Å². The van der Waals surface area contributed by atoms with Crippen molar-refractivity contribution in [3.8, 4) is 34.5 Å². The second kappa shape index (κ2) is 19.5. The summed E-state index contributed by atoms with van der Waals surface area (Å²) in [7, 11) is 6.14. The highest BCUT2D eigenvalue weighted by atomic mass is 16.6. The van der Waals surface area contributed by atoms with Crippen LogP contribution in [0, 0.1) is 0 Å². The number of fused-ring (bicyclic) bond motifs is 4. The van der Waals surface area contributed by atoms with Crippen LogP contribution in [0.15, 0.2) is 128 Å². The summed E-state index contributed by atoms with van der Waals surface area (Å²) in [5.74, 6) is 2.77. The Labute approximate surface area is 368 Å². The van der Waals surface area contributed by atoms with Crippen molar-refractivity contribution < 1.29 is 42.9 Å². The van der Waals surface area contributed by atoms with Crippen LogP contribution in [0.4, 0.5) is 0 Å². The molecule has 2 aromatic heterocycles. The zero-order chi connectivity index (χ0) is 44.6. The summed E-state index contributed by atoms with van der Waals surface area (Å²) < 4.78 is 28.3. The Morgan fingerprint density at radius 1 is 0.594 bits per heavy atom. The van der Waals surface area contributed by atoms with Crippen molar-refractivity contribution in [2.75, 3.05) is 41.6 Å². The van der Waals surface area contributed by atoms with Crippen molar-refractivity contribution in [3.05, 3.63) is 144 Å². The van der Waals surface area contributed by atoms with Gasteiger partial charge in [0.15, 0.2) is 11.5 Å². The van der Waals surface area contributed by atoms with Gasteiger partial charge in [-0.1, -0.05) is 42.5 Å². The zero-order valence-corrected chi connectivity index (χ0v) is 35.6. The standard InChI is InChI=1S/C25H23N3O5.C25H22N2O4/c1-31-13-12-27-25(30)20-5-3-4-16-14-18(7-8-19(16)20)33-23-10-11-26-22-9-6-17(15-21(22)23)24(29)28-32-2;1-29-22-13-18-19(14-23(22)30-2)26-12-11-20(18)31-21-10-7-15-5-3-4-6-17(15)24(21)25(28)27-16-8-9-16/h3-11,14-15H,12-13H2,1-2H3,(H,27,30)(H,28,29);3-7,10-14,16H,8-9H2,1-2H3,(H,27,28). The molecule has 6 aromatic carbocycles. The number of aromatic nitrogens is 2. The first-order chi connectivity index (χ1) is 31.3. The number of hydrogen-bond acceptors (Lipinski definition) is 11. The van der Waals surface area contributed by atoms with Gasteiger partial charge in [-0.15, -0.1) is 0 Å². The van der Waals surface area contributed by atoms with Crippen LogP contribution in [0.5, 0.6) is 34.5 Å². The van der Waals surface area contributed by atoms with Crippen molar-refractivity contribution >= 4 is 61.1 Å². The number of rotatable bonds is 14. The molecule has 1 fully saturated rings. The Bertz CT molecular complexity index is 3030. The third-order valence-electron chi connectivity index (χ3n) is 10.5. The Balaban J connectivity index is 0.000000175. The molecule has 3 N–H and O–H groups in total. The lowest BCUT2D eigenvalue weighted by atomic mass is 10.0. The summed E-state index contributed by atoms with van der Waals surface area (Å²) in [5.41, 5.74) is 5.25. The molecule has 1 saturated carbocycles. The van der Waals surface area contributed by atoms with Gasteiger partial charge in [-0.2, -0.15) is 0 Å². The van der Waals surface area contributed by atoms with Crippen LogP contribution in [0.25, 0.3) is 43.4 Å². The van der Waals surface area contributed by atoms with Gasteiger partial charge >= 0.3 is 0 Å². The predicted molar refractivity (Wildman–Crippen MR) is 244 cm³/mol. The number of carbonyl (C=O) groups excluding carboxylic acids is 3. The predicted octanol–water partition coefficient (Wildman–Crippen LogP) is 8.94. The molecule has 0 bridgehead atoms. The first-order valence-corrected chi connectivity index (χ1v) is 20.5. The van der Waals surface area contributed by atoms with Crippen LogP contribution in [0.1, 0.15) is 43.9 Å². The number of amides is 3. The maximum absolute atomic E-state index is 13.1. The third-order valence-corrected chi connectivity index (χ3v) is 10.5. The molecule has 0 atom stereocenters. The average molecular weight is 860 g/mol. The first kappa shape index (κ1) is 42.9. The molecule has 0 saturated heterocycles. The van der Waals surface area contributed by atoms with E-state index in [4.69, 9.17) is 28.5 Å². The summed E-state index contributed by atoms with van der Waals surface area (Å²) in [4.78, 5) is 51.3. The molecule has 0 spiro atoms. The van der Waals surface area contributed by atoms with E-state index in [1.807, 2.05) is 78.9 Å². The van der Waals surface area contributed by atoms with Crippen molar-refractivity contribution in [3.63, 3.8) is 0 Å². The molecule has 324 valence electrons. The maximum atomic E-state index is 13.1. The summed E-state index contributed by atoms with van der Waals surface area (Å²) in [6.45, 7) is 0.885. The maximum Gasteiger partial charge on any atom is 0.274 e. The highest BCUT2D eigenvalue weighted by molar-refractivity contribution is 6.10. The van der Waals surface area contributed by atoms with Crippen LogP contribution >= 0.6 is 0 Å². The monoisotopic (exact) mass is 859 g/mol. The number of benzene rings is 6. The van der Waals surface area contributed by atoms with Crippen LogP contribution in [0.2, 0.25) is 0 Å². The van der Waals surface area contributed by atoms with E-state index in [-0.39, 0.29) is 23.8 Å². The van der Waals surface area contributed by atoms with Crippen molar-refractivity contribution in [1.82, 2.24) is 26.1 Å². The van der Waals surface area contributed by atoms with Crippen molar-refractivity contribution in [2.24, 2.45) is 0 Å². The lowest BCUT2D eigenvalue weighted by molar-refractivity contribution is 0.0537. The van der Waals surface area contributed by atoms with Crippen LogP contribution in [0.3, 0.4) is 0 Å². The topological polar surface area (TPSA) is 168 Å². The highest BCUT2D eigenvalue weighted by Crippen LogP contribution is 2.39. The number of carbonyl (C=O) groups is 3. The summed E-state index contributed by atoms with van der Waals surface area (Å²) in [6, 6.07) is 35.3. The fraction of sp³-hybridized carbons (Fsp3) is 0.180. The third kappa shape index (κ3) is 9.48. The fourth-order valence-corrected chi connectivity index (χ4v) is 7.23. The number of nitrogens with zero attached hydrogens (tertiary/aromatic N) is 2. The van der Waals surface area contributed by atoms with Gasteiger partial charge < -0.3 is 34.3 Å². The van der Waals surface area contributed by atoms with Gasteiger partial charge in [-0.3, -0.25) is 29.2 Å². The smallest absolute Gasteiger partial charge is 0.274 e. The molecule has 3 amide bonds. The fourth-order valence-electron chi connectivity index (χ4n) is 7.23. The van der Waals surface area contributed by atoms with E-state index >= 15 is 0 Å². The highest BCUT2D eigenvalue weighted by Gasteiger charge is 2.27. The molecule has 0 aliphatic heterocycles. The number of pyridine rings is 2. The van der Waals surface area contributed by atoms with E-state index in [1.165, 1.54) is 7.11 Å². The number of hydroxylamine groups is 1. The summed E-state index contributed by atoms with van der Waals surface area (Å²) in [5, 5.41) is 10.9. The average Bonchev–Trinajstić information content (AvgIpc) is 4.15. The SMILES string of the molecule is COCCNC(=O)c1cccc2cc(Oc3ccnc4ccc(C(=O)NOC)cc34)ccc12.COc1cc2nccc(Oc3ccc4ccccc4c3C(=O)NC3CC3)c2cc1OC. The Hall–Kier alpha value is -7.81. The molecular formula is C50H45N5O9. The lowest BCUT2D eigenvalue weighted by Crippen LogP contribution is -2.27. The van der Waals surface area contributed by atoms with E-state index in [1.54, 1.807) is 70.1 Å². The van der Waals surface area contributed by atoms with E-state index in [9.17, 15) is 14.4 Å². The lowest BCUT2D eigenvalue weighted by Gasteiger charge is -2.16. The Morgan fingerprint density at radius 2 is 1.33 bits per heavy atom. The number of ether oxygens (including phenoxy) is 5. The molecular weight excluding hydrogens is 815 g/mol. The second-order valence-corrected chi connectivity index (χ2v) is 14.8. The van der Waals surface area contributed by atoms with Gasteiger partial charge in [0, 0.05) is 60.1 Å². The summed E-state index contributed by atoms with van der Waals surface area (Å²) in [6.07, 6.45) is 5.36. The molecule has 1 aliphatic carbocycles. The normalized spacial score (nSPS) is 12.0. The minimum absolute atomic E-state index is 0.119. The molecule has 2 heterocycles. The van der Waals surface area contributed by atoms with E-state index in [0.717, 1.165) is 39.8 Å². The van der Waals surface area contributed by atoms with E-state index in [0.29, 0.717) is 80.8 Å². The van der Waals surface area contributed by atoms with Crippen molar-refractivity contribution in [2.45, 2.75) is 18.9 Å². The Kier molecular flexibility index (Phi) is 13.1. The molecule has 1 aliphatic rings. The van der Waals surface area contributed by atoms with E-state index in [2.05, 4.69) is 26.1 Å². The Morgan fingerprint density at radius 3 is 2.09 bits per heavy atom. The molecule has 8 aromatic rings. The molecule has 14 heteroatoms. The summed E-state index contributed by atoms with van der Waals surface area (Å²) >= 11 is 0. The van der Waals surface area contributed by atoms with Crippen LogP contribution < -0.4 is 35.1 Å². The molecule has 0 radical (unpaired) electrons. The van der Waals surface area contributed by atoms with Gasteiger partial charge in [0.25, 0.3) is 17.7 Å². The van der Waals surface area contributed by atoms with Gasteiger partial charge in [-0.05, 0) is 101 Å². The molecule has 14 nitrogen and oxygen atoms in total. The minimum atomic E-state index is -0.365. The van der Waals surface area contributed by atoms with Gasteiger partial charge in [0.2, 0.25) is 0 Å². The van der Waals surface area contributed by atoms with Gasteiger partial charge in [-0.25, -0.2) is 5.48 Å². The van der Waals surface area contributed by atoms with Gasteiger partial charge in [0.05, 0.1) is 44.5 Å². The van der Waals surface area contributed by atoms with Gasteiger partial charge in [0.1, 0.15) is 23.0 Å². The zero-order valence-electron chi connectivity index (χ0n) is 35.6. The first-order valence-electron chi connectivity index (χ1n) is 20.5. The second-order valence-electron chi connectivity index (χ2n) is 14.8. The van der Waals surface area contributed by atoms with Crippen LogP contribution in [-0.2, 0) is 9.57 Å². The quantitative estimate of drug-likeness (QED) is 0.0705. The largest absolute Gasteiger partial charge is 0.493 e. The van der Waals surface area contributed by atoms with Crippen molar-refractivity contribution in [1.29, 1.82) is 0 Å². The number of hydrogen-bond donors (Lipinski definition) is 3. The minimum Gasteiger partial charge on any atom is -0.493 e. The molecule has 64 heavy (non-hydrogen) atoms. The number of nitrogens with one attached hydrogen (secondary N) is 3. The molecule has 0 unspecified atom stereocenters. The number of methoxy groups -OCH3 is 3. The van der Waals surface area contributed by atoms with Crippen LogP contribution in [-0.4, -0.2) is 75.3 Å².